The number of hydrogen-bond donors (Lipinski definition) is 0. The Labute approximate surface area is 151 Å². The third kappa shape index (κ3) is 4.65. The van der Waals surface area contributed by atoms with Crippen LogP contribution in [0.1, 0.15) is 17.9 Å². The van der Waals surface area contributed by atoms with Crippen molar-refractivity contribution in [3.8, 4) is 11.5 Å². The maximum atomic E-state index is 6.04. The minimum Gasteiger partial charge on any atom is -0.497 e. The summed E-state index contributed by atoms with van der Waals surface area (Å²) in [7, 11) is 3.90. The highest BCUT2D eigenvalue weighted by molar-refractivity contribution is 5.85. The topological polar surface area (TPSA) is 21.7 Å². The fourth-order valence-corrected chi connectivity index (χ4v) is 3.39. The average molecular weight is 348 g/mol. The number of halogens is 1. The lowest BCUT2D eigenvalue weighted by atomic mass is 9.81. The molecule has 3 nitrogen and oxygen atoms in total. The van der Waals surface area contributed by atoms with E-state index in [4.69, 9.17) is 9.47 Å². The van der Waals surface area contributed by atoms with Gasteiger partial charge in [-0.2, -0.15) is 0 Å². The van der Waals surface area contributed by atoms with Crippen molar-refractivity contribution in [2.45, 2.75) is 12.3 Å². The molecule has 2 atom stereocenters. The van der Waals surface area contributed by atoms with Gasteiger partial charge in [-0.3, -0.25) is 0 Å². The zero-order valence-corrected chi connectivity index (χ0v) is 15.2. The third-order valence-electron chi connectivity index (χ3n) is 4.69. The van der Waals surface area contributed by atoms with Gasteiger partial charge in [-0.25, -0.2) is 0 Å². The van der Waals surface area contributed by atoms with Crippen LogP contribution in [0.25, 0.3) is 0 Å². The summed E-state index contributed by atoms with van der Waals surface area (Å²) in [6.07, 6.45) is 1.17. The van der Waals surface area contributed by atoms with Gasteiger partial charge in [0.2, 0.25) is 0 Å². The minimum atomic E-state index is 0. The zero-order valence-electron chi connectivity index (χ0n) is 14.4. The highest BCUT2D eigenvalue weighted by atomic mass is 35.5. The Bertz CT molecular complexity index is 603. The van der Waals surface area contributed by atoms with Gasteiger partial charge in [0.1, 0.15) is 11.5 Å². The second-order valence-electron chi connectivity index (χ2n) is 6.31. The summed E-state index contributed by atoms with van der Waals surface area (Å²) in [5.41, 5.74) is 1.39. The molecule has 1 aliphatic rings. The molecule has 1 aliphatic heterocycles. The molecule has 0 aliphatic carbocycles. The van der Waals surface area contributed by atoms with E-state index in [1.165, 1.54) is 12.0 Å². The quantitative estimate of drug-likeness (QED) is 0.807. The molecule has 2 aromatic rings. The van der Waals surface area contributed by atoms with E-state index in [9.17, 15) is 0 Å². The van der Waals surface area contributed by atoms with Crippen LogP contribution in [0.4, 0.5) is 0 Å². The zero-order chi connectivity index (χ0) is 16.1. The summed E-state index contributed by atoms with van der Waals surface area (Å²) < 4.78 is 11.3. The van der Waals surface area contributed by atoms with Gasteiger partial charge in [-0.05, 0) is 55.8 Å². The first kappa shape index (κ1) is 18.6. The first-order valence-electron chi connectivity index (χ1n) is 8.26. The van der Waals surface area contributed by atoms with Gasteiger partial charge in [0.15, 0.2) is 0 Å². The number of nitrogens with zero attached hydrogens (tertiary/aromatic N) is 1. The Morgan fingerprint density at radius 3 is 2.38 bits per heavy atom. The Balaban J connectivity index is 0.00000208. The summed E-state index contributed by atoms with van der Waals surface area (Å²) in [6, 6.07) is 18.6. The highest BCUT2D eigenvalue weighted by Crippen LogP contribution is 2.34. The van der Waals surface area contributed by atoms with E-state index in [1.54, 1.807) is 7.11 Å². The van der Waals surface area contributed by atoms with E-state index >= 15 is 0 Å². The molecule has 4 heteroatoms. The fraction of sp³-hybridized carbons (Fsp3) is 0.400. The monoisotopic (exact) mass is 347 g/mol. The highest BCUT2D eigenvalue weighted by Gasteiger charge is 2.29. The average Bonchev–Trinajstić information content (AvgIpc) is 2.61. The Kier molecular flexibility index (Phi) is 6.95. The lowest BCUT2D eigenvalue weighted by Gasteiger charge is -2.37. The molecule has 0 aromatic heterocycles. The summed E-state index contributed by atoms with van der Waals surface area (Å²) in [5, 5.41) is 0. The van der Waals surface area contributed by atoms with Crippen molar-refractivity contribution in [2.75, 3.05) is 33.9 Å². The maximum absolute atomic E-state index is 6.04. The Morgan fingerprint density at radius 1 is 1.00 bits per heavy atom. The van der Waals surface area contributed by atoms with E-state index in [0.717, 1.165) is 31.2 Å². The van der Waals surface area contributed by atoms with Gasteiger partial charge >= 0.3 is 0 Å². The van der Waals surface area contributed by atoms with Crippen molar-refractivity contribution < 1.29 is 9.47 Å². The Hall–Kier alpha value is -1.71. The SMILES string of the molecule is COc1ccc(C2CCN(C)CC2COc2ccccc2)cc1.Cl. The minimum absolute atomic E-state index is 0. The molecule has 0 amide bonds. The second-order valence-corrected chi connectivity index (χ2v) is 6.31. The molecule has 130 valence electrons. The molecule has 1 saturated heterocycles. The molecule has 2 aromatic carbocycles. The number of ether oxygens (including phenoxy) is 2. The van der Waals surface area contributed by atoms with Crippen LogP contribution in [0, 0.1) is 5.92 Å². The molecule has 0 N–H and O–H groups in total. The standard InChI is InChI=1S/C20H25NO2.ClH/c1-21-13-12-20(16-8-10-18(22-2)11-9-16)17(14-21)15-23-19-6-4-3-5-7-19;/h3-11,17,20H,12-15H2,1-2H3;1H. The van der Waals surface area contributed by atoms with Crippen LogP contribution in [0.5, 0.6) is 11.5 Å². The van der Waals surface area contributed by atoms with Crippen LogP contribution in [0.2, 0.25) is 0 Å². The van der Waals surface area contributed by atoms with E-state index in [-0.39, 0.29) is 12.4 Å². The first-order valence-corrected chi connectivity index (χ1v) is 8.26. The molecular formula is C20H26ClNO2. The number of piperidine rings is 1. The van der Waals surface area contributed by atoms with Crippen LogP contribution in [-0.4, -0.2) is 38.8 Å². The second kappa shape index (κ2) is 8.95. The van der Waals surface area contributed by atoms with E-state index < -0.39 is 0 Å². The van der Waals surface area contributed by atoms with Gasteiger partial charge in [0.05, 0.1) is 13.7 Å². The molecule has 0 radical (unpaired) electrons. The number of benzene rings is 2. The largest absolute Gasteiger partial charge is 0.497 e. The summed E-state index contributed by atoms with van der Waals surface area (Å²) in [5.74, 6) is 2.91. The molecule has 3 rings (SSSR count). The van der Waals surface area contributed by atoms with Crippen LogP contribution >= 0.6 is 12.4 Å². The van der Waals surface area contributed by atoms with Gasteiger partial charge in [-0.15, -0.1) is 12.4 Å². The molecular weight excluding hydrogens is 322 g/mol. The van der Waals surface area contributed by atoms with Crippen LogP contribution in [0.3, 0.4) is 0 Å². The number of para-hydroxylation sites is 1. The molecule has 1 heterocycles. The number of likely N-dealkylation sites (tertiary alicyclic amines) is 1. The van der Waals surface area contributed by atoms with Gasteiger partial charge < -0.3 is 14.4 Å². The van der Waals surface area contributed by atoms with Crippen molar-refractivity contribution in [1.82, 2.24) is 4.90 Å². The van der Waals surface area contributed by atoms with E-state index in [0.29, 0.717) is 11.8 Å². The van der Waals surface area contributed by atoms with Gasteiger partial charge in [0, 0.05) is 12.5 Å². The summed E-state index contributed by atoms with van der Waals surface area (Å²) in [4.78, 5) is 2.40. The predicted molar refractivity (Wildman–Crippen MR) is 101 cm³/mol. The molecule has 0 saturated carbocycles. The first-order chi connectivity index (χ1) is 11.3. The van der Waals surface area contributed by atoms with Crippen molar-refractivity contribution in [1.29, 1.82) is 0 Å². The van der Waals surface area contributed by atoms with Crippen LogP contribution < -0.4 is 9.47 Å². The van der Waals surface area contributed by atoms with Crippen molar-refractivity contribution in [3.63, 3.8) is 0 Å². The summed E-state index contributed by atoms with van der Waals surface area (Å²) >= 11 is 0. The molecule has 1 fully saturated rings. The number of rotatable bonds is 5. The summed E-state index contributed by atoms with van der Waals surface area (Å²) in [6.45, 7) is 2.97. The molecule has 0 bridgehead atoms. The van der Waals surface area contributed by atoms with Crippen molar-refractivity contribution in [2.24, 2.45) is 5.92 Å². The predicted octanol–water partition coefficient (Wildman–Crippen LogP) is 4.23. The van der Waals surface area contributed by atoms with Crippen molar-refractivity contribution >= 4 is 12.4 Å². The van der Waals surface area contributed by atoms with Gasteiger partial charge in [-0.1, -0.05) is 30.3 Å². The van der Waals surface area contributed by atoms with Crippen LogP contribution in [-0.2, 0) is 0 Å². The maximum Gasteiger partial charge on any atom is 0.119 e. The normalized spacial score (nSPS) is 20.9. The lowest BCUT2D eigenvalue weighted by Crippen LogP contribution is -2.39. The third-order valence-corrected chi connectivity index (χ3v) is 4.69. The smallest absolute Gasteiger partial charge is 0.119 e. The van der Waals surface area contributed by atoms with Gasteiger partial charge in [0.25, 0.3) is 0 Å². The molecule has 24 heavy (non-hydrogen) atoms. The fourth-order valence-electron chi connectivity index (χ4n) is 3.39. The van der Waals surface area contributed by atoms with E-state index in [1.807, 2.05) is 30.3 Å². The number of hydrogen-bond acceptors (Lipinski definition) is 3. The lowest BCUT2D eigenvalue weighted by molar-refractivity contribution is 0.129. The number of methoxy groups -OCH3 is 1. The van der Waals surface area contributed by atoms with Crippen molar-refractivity contribution in [3.05, 3.63) is 60.2 Å². The molecule has 0 spiro atoms. The van der Waals surface area contributed by atoms with E-state index in [2.05, 4.69) is 36.2 Å². The van der Waals surface area contributed by atoms with Crippen LogP contribution in [0.15, 0.2) is 54.6 Å². The Morgan fingerprint density at radius 2 is 1.71 bits per heavy atom. The molecule has 2 unspecified atom stereocenters.